The molecule has 1 amide bonds. The van der Waals surface area contributed by atoms with Gasteiger partial charge in [-0.1, -0.05) is 23.9 Å². The van der Waals surface area contributed by atoms with E-state index in [2.05, 4.69) is 15.4 Å². The van der Waals surface area contributed by atoms with E-state index in [4.69, 9.17) is 0 Å². The number of benzene rings is 2. The summed E-state index contributed by atoms with van der Waals surface area (Å²) in [6.45, 7) is 3.67. The minimum atomic E-state index is -0.386. The van der Waals surface area contributed by atoms with Gasteiger partial charge < -0.3 is 15.5 Å². The van der Waals surface area contributed by atoms with Crippen molar-refractivity contribution in [1.29, 1.82) is 0 Å². The number of fused-ring (bicyclic) bond motifs is 2. The van der Waals surface area contributed by atoms with Gasteiger partial charge in [0.15, 0.2) is 5.16 Å². The molecular formula is C23H18N4O4S2. The minimum absolute atomic E-state index is 0.0137. The number of hydrogen-bond donors (Lipinski definition) is 3. The molecule has 0 unspecified atom stereocenters. The van der Waals surface area contributed by atoms with Crippen molar-refractivity contribution in [2.24, 2.45) is 5.10 Å². The second-order valence-electron chi connectivity index (χ2n) is 7.61. The number of thiophene rings is 1. The number of nitrogens with one attached hydrogen (secondary N) is 1. The Balaban J connectivity index is 1.58. The summed E-state index contributed by atoms with van der Waals surface area (Å²) in [6.07, 6.45) is 0. The molecule has 5 rings (SSSR count). The molecule has 0 radical (unpaired) electrons. The van der Waals surface area contributed by atoms with Gasteiger partial charge in [-0.25, -0.2) is 4.98 Å². The first-order chi connectivity index (χ1) is 15.8. The maximum Gasteiger partial charge on any atom is 0.283 e. The zero-order valence-electron chi connectivity index (χ0n) is 17.6. The van der Waals surface area contributed by atoms with E-state index in [1.54, 1.807) is 6.92 Å². The highest BCUT2D eigenvalue weighted by Crippen LogP contribution is 2.32. The second kappa shape index (κ2) is 8.05. The average Bonchev–Trinajstić information content (AvgIpc) is 3.12. The predicted molar refractivity (Wildman–Crippen MR) is 130 cm³/mol. The van der Waals surface area contributed by atoms with Gasteiger partial charge in [0.25, 0.3) is 11.5 Å². The smallest absolute Gasteiger partial charge is 0.283 e. The van der Waals surface area contributed by atoms with Crippen LogP contribution in [0.5, 0.6) is 11.5 Å². The van der Waals surface area contributed by atoms with Crippen LogP contribution in [0.25, 0.3) is 10.2 Å². The molecule has 1 aliphatic rings. The Morgan fingerprint density at radius 2 is 1.97 bits per heavy atom. The average molecular weight is 479 g/mol. The quantitative estimate of drug-likeness (QED) is 0.302. The lowest BCUT2D eigenvalue weighted by Gasteiger charge is -2.16. The molecule has 8 nitrogen and oxygen atoms in total. The van der Waals surface area contributed by atoms with Crippen molar-refractivity contribution < 1.29 is 15.0 Å². The van der Waals surface area contributed by atoms with Crippen LogP contribution in [0.1, 0.15) is 26.4 Å². The van der Waals surface area contributed by atoms with E-state index in [1.165, 1.54) is 46.0 Å². The molecule has 0 spiro atoms. The minimum Gasteiger partial charge on any atom is -0.508 e. The number of phenols is 2. The third-order valence-electron chi connectivity index (χ3n) is 5.24. The highest BCUT2D eigenvalue weighted by atomic mass is 32.2. The number of rotatable bonds is 3. The van der Waals surface area contributed by atoms with E-state index < -0.39 is 0 Å². The maximum absolute atomic E-state index is 13.3. The molecule has 0 bridgehead atoms. The van der Waals surface area contributed by atoms with E-state index >= 15 is 0 Å². The molecule has 4 aromatic rings. The lowest BCUT2D eigenvalue weighted by molar-refractivity contribution is 0.103. The monoisotopic (exact) mass is 478 g/mol. The first-order valence-corrected chi connectivity index (χ1v) is 11.8. The van der Waals surface area contributed by atoms with E-state index in [0.717, 1.165) is 5.56 Å². The molecule has 3 heterocycles. The Morgan fingerprint density at radius 3 is 2.76 bits per heavy atom. The first kappa shape index (κ1) is 21.2. The van der Waals surface area contributed by atoms with Crippen molar-refractivity contribution in [3.63, 3.8) is 0 Å². The number of aromatic hydroxyl groups is 2. The van der Waals surface area contributed by atoms with Gasteiger partial charge in [0.1, 0.15) is 16.3 Å². The van der Waals surface area contributed by atoms with E-state index in [9.17, 15) is 19.8 Å². The van der Waals surface area contributed by atoms with Gasteiger partial charge >= 0.3 is 0 Å². The van der Waals surface area contributed by atoms with Crippen molar-refractivity contribution in [1.82, 2.24) is 9.66 Å². The van der Waals surface area contributed by atoms with Gasteiger partial charge in [-0.05, 0) is 55.3 Å². The van der Waals surface area contributed by atoms with E-state index in [1.807, 2.05) is 31.2 Å². The Kier molecular flexibility index (Phi) is 5.18. The third-order valence-corrected chi connectivity index (χ3v) is 7.37. The second-order valence-corrected chi connectivity index (χ2v) is 9.55. The Hall–Kier alpha value is -3.63. The van der Waals surface area contributed by atoms with Gasteiger partial charge in [0.2, 0.25) is 0 Å². The predicted octanol–water partition coefficient (Wildman–Crippen LogP) is 4.10. The van der Waals surface area contributed by atoms with Gasteiger partial charge in [-0.15, -0.1) is 11.3 Å². The standard InChI is InChI=1S/C23H18N4O4S2/c1-11-4-3-5-13(8-11)24-20(30)19-12(2)18-21(33-19)25-23-27(22(18)31)26-16(10-32-23)15-9-14(28)6-7-17(15)29/h3-9,28-29H,10H2,1-2H3,(H,24,30). The fourth-order valence-corrected chi connectivity index (χ4v) is 5.64. The molecule has 2 aromatic heterocycles. The normalized spacial score (nSPS) is 13.0. The van der Waals surface area contributed by atoms with Crippen molar-refractivity contribution in [2.75, 3.05) is 11.1 Å². The number of phenolic OH excluding ortho intramolecular Hbond substituents is 2. The Morgan fingerprint density at radius 1 is 1.15 bits per heavy atom. The van der Waals surface area contributed by atoms with E-state index in [-0.39, 0.29) is 23.0 Å². The van der Waals surface area contributed by atoms with Gasteiger partial charge in [0, 0.05) is 17.0 Å². The van der Waals surface area contributed by atoms with Crippen LogP contribution in [0, 0.1) is 13.8 Å². The number of carbonyl (C=O) groups is 1. The van der Waals surface area contributed by atoms with Gasteiger partial charge in [-0.2, -0.15) is 9.78 Å². The molecule has 10 heteroatoms. The molecule has 1 aliphatic heterocycles. The molecule has 0 saturated heterocycles. The van der Waals surface area contributed by atoms with Crippen molar-refractivity contribution in [3.8, 4) is 11.5 Å². The molecule has 3 N–H and O–H groups in total. The molecular weight excluding hydrogens is 460 g/mol. The summed E-state index contributed by atoms with van der Waals surface area (Å²) in [5, 5.41) is 28.0. The van der Waals surface area contributed by atoms with Crippen molar-refractivity contribution >= 4 is 50.6 Å². The number of aromatic nitrogens is 2. The first-order valence-electron chi connectivity index (χ1n) is 9.99. The highest BCUT2D eigenvalue weighted by molar-refractivity contribution is 7.99. The zero-order chi connectivity index (χ0) is 23.3. The molecule has 0 fully saturated rings. The number of nitrogens with zero attached hydrogens (tertiary/aromatic N) is 3. The molecule has 0 aliphatic carbocycles. The fraction of sp³-hybridized carbons (Fsp3) is 0.130. The number of aryl methyl sites for hydroxylation is 2. The summed E-state index contributed by atoms with van der Waals surface area (Å²) >= 11 is 2.47. The lowest BCUT2D eigenvalue weighted by Crippen LogP contribution is -2.25. The van der Waals surface area contributed by atoms with Crippen LogP contribution >= 0.6 is 23.1 Å². The highest BCUT2D eigenvalue weighted by Gasteiger charge is 2.25. The molecule has 0 saturated carbocycles. The third kappa shape index (κ3) is 3.77. The van der Waals surface area contributed by atoms with Gasteiger partial charge in [-0.3, -0.25) is 9.59 Å². The Labute approximate surface area is 196 Å². The van der Waals surface area contributed by atoms with Crippen LogP contribution in [0.4, 0.5) is 5.69 Å². The summed E-state index contributed by atoms with van der Waals surface area (Å²) < 4.78 is 1.19. The van der Waals surface area contributed by atoms with Crippen LogP contribution in [0.3, 0.4) is 0 Å². The lowest BCUT2D eigenvalue weighted by atomic mass is 10.1. The van der Waals surface area contributed by atoms with Crippen LogP contribution in [0.15, 0.2) is 57.5 Å². The summed E-state index contributed by atoms with van der Waals surface area (Å²) in [7, 11) is 0. The van der Waals surface area contributed by atoms with Crippen LogP contribution in [-0.4, -0.2) is 37.2 Å². The molecule has 166 valence electrons. The van der Waals surface area contributed by atoms with Crippen LogP contribution < -0.4 is 10.9 Å². The number of amides is 1. The summed E-state index contributed by atoms with van der Waals surface area (Å²) in [5.74, 6) is 0.00434. The van der Waals surface area contributed by atoms with Crippen molar-refractivity contribution in [3.05, 3.63) is 74.4 Å². The largest absolute Gasteiger partial charge is 0.508 e. The summed E-state index contributed by atoms with van der Waals surface area (Å²) in [4.78, 5) is 31.7. The van der Waals surface area contributed by atoms with Crippen LogP contribution in [-0.2, 0) is 0 Å². The number of thioether (sulfide) groups is 1. The van der Waals surface area contributed by atoms with Crippen LogP contribution in [0.2, 0.25) is 0 Å². The SMILES string of the molecule is Cc1cccc(NC(=O)c2sc3nc4n(c(=O)c3c2C)N=C(c2cc(O)ccc2O)CS4)c1. The number of carbonyl (C=O) groups excluding carboxylic acids is 1. The summed E-state index contributed by atoms with van der Waals surface area (Å²) in [6, 6.07) is 11.6. The fourth-order valence-electron chi connectivity index (χ4n) is 3.63. The molecule has 2 aromatic carbocycles. The zero-order valence-corrected chi connectivity index (χ0v) is 19.3. The van der Waals surface area contributed by atoms with Gasteiger partial charge in [0.05, 0.1) is 16.0 Å². The van der Waals surface area contributed by atoms with E-state index in [0.29, 0.717) is 48.5 Å². The topological polar surface area (TPSA) is 117 Å². The van der Waals surface area contributed by atoms with Crippen molar-refractivity contribution in [2.45, 2.75) is 19.0 Å². The number of anilines is 1. The maximum atomic E-state index is 13.3. The summed E-state index contributed by atoms with van der Waals surface area (Å²) in [5.41, 5.74) is 2.64. The molecule has 0 atom stereocenters. The molecule has 33 heavy (non-hydrogen) atoms. The Bertz CT molecular complexity index is 1540. The number of hydrogen-bond acceptors (Lipinski definition) is 8.